The van der Waals surface area contributed by atoms with Crippen LogP contribution in [-0.2, 0) is 5.41 Å². The van der Waals surface area contributed by atoms with Gasteiger partial charge in [0.05, 0.1) is 0 Å². The molecule has 1 heterocycles. The zero-order valence-electron chi connectivity index (χ0n) is 13.1. The number of halogens is 1. The van der Waals surface area contributed by atoms with Gasteiger partial charge in [-0.05, 0) is 35.7 Å². The molecule has 1 aromatic rings. The monoisotopic (exact) mass is 339 g/mol. The SMILES string of the molecule is CCN(c1cc(Br)nc(C(C)(C)C)n1)C1CCCCC1. The number of hydrogen-bond donors (Lipinski definition) is 0. The Labute approximate surface area is 131 Å². The quantitative estimate of drug-likeness (QED) is 0.747. The topological polar surface area (TPSA) is 29.0 Å². The third kappa shape index (κ3) is 3.72. The normalized spacial score (nSPS) is 17.2. The standard InChI is InChI=1S/C16H26BrN3/c1-5-20(12-9-7-6-8-10-12)14-11-13(17)18-15(19-14)16(2,3)4/h11-12H,5-10H2,1-4H3. The van der Waals surface area contributed by atoms with Crippen molar-refractivity contribution in [2.75, 3.05) is 11.4 Å². The fourth-order valence-corrected chi connectivity index (χ4v) is 3.26. The molecule has 0 spiro atoms. The van der Waals surface area contributed by atoms with Crippen LogP contribution in [0.5, 0.6) is 0 Å². The Kier molecular flexibility index (Phi) is 5.05. The first-order valence-corrected chi connectivity index (χ1v) is 8.53. The minimum atomic E-state index is -0.0233. The lowest BCUT2D eigenvalue weighted by atomic mass is 9.94. The van der Waals surface area contributed by atoms with E-state index in [1.165, 1.54) is 32.1 Å². The van der Waals surface area contributed by atoms with Crippen LogP contribution >= 0.6 is 15.9 Å². The van der Waals surface area contributed by atoms with Gasteiger partial charge in [0, 0.05) is 24.1 Å². The first kappa shape index (κ1) is 15.7. The molecule has 0 amide bonds. The van der Waals surface area contributed by atoms with Gasteiger partial charge in [0.2, 0.25) is 0 Å². The summed E-state index contributed by atoms with van der Waals surface area (Å²) in [6, 6.07) is 2.70. The zero-order chi connectivity index (χ0) is 14.8. The molecule has 2 rings (SSSR count). The molecule has 3 nitrogen and oxygen atoms in total. The molecule has 0 N–H and O–H groups in total. The highest BCUT2D eigenvalue weighted by atomic mass is 79.9. The van der Waals surface area contributed by atoms with Crippen LogP contribution in [0.2, 0.25) is 0 Å². The maximum atomic E-state index is 4.84. The summed E-state index contributed by atoms with van der Waals surface area (Å²) in [7, 11) is 0. The second kappa shape index (κ2) is 6.42. The Morgan fingerprint density at radius 1 is 1.20 bits per heavy atom. The molecule has 1 aromatic heterocycles. The molecule has 0 radical (unpaired) electrons. The lowest BCUT2D eigenvalue weighted by molar-refractivity contribution is 0.415. The molecule has 1 saturated carbocycles. The average Bonchev–Trinajstić information content (AvgIpc) is 2.39. The summed E-state index contributed by atoms with van der Waals surface area (Å²) in [5.41, 5.74) is -0.0233. The van der Waals surface area contributed by atoms with E-state index in [9.17, 15) is 0 Å². The van der Waals surface area contributed by atoms with Gasteiger partial charge in [0.1, 0.15) is 16.2 Å². The van der Waals surface area contributed by atoms with E-state index in [2.05, 4.69) is 59.6 Å². The van der Waals surface area contributed by atoms with Gasteiger partial charge in [0.25, 0.3) is 0 Å². The first-order chi connectivity index (χ1) is 9.41. The van der Waals surface area contributed by atoms with Crippen LogP contribution in [0.15, 0.2) is 10.7 Å². The highest BCUT2D eigenvalue weighted by molar-refractivity contribution is 9.10. The summed E-state index contributed by atoms with van der Waals surface area (Å²) >= 11 is 3.55. The van der Waals surface area contributed by atoms with Crippen molar-refractivity contribution in [2.24, 2.45) is 0 Å². The van der Waals surface area contributed by atoms with Gasteiger partial charge >= 0.3 is 0 Å². The largest absolute Gasteiger partial charge is 0.354 e. The van der Waals surface area contributed by atoms with E-state index >= 15 is 0 Å². The van der Waals surface area contributed by atoms with Crippen molar-refractivity contribution in [3.63, 3.8) is 0 Å². The molecule has 0 unspecified atom stereocenters. The summed E-state index contributed by atoms with van der Waals surface area (Å²) in [4.78, 5) is 11.8. The Morgan fingerprint density at radius 2 is 1.85 bits per heavy atom. The second-order valence-electron chi connectivity index (χ2n) is 6.70. The number of anilines is 1. The highest BCUT2D eigenvalue weighted by Gasteiger charge is 2.24. The van der Waals surface area contributed by atoms with Gasteiger partial charge in [-0.2, -0.15) is 0 Å². The molecule has 0 aromatic carbocycles. The molecule has 0 aliphatic heterocycles. The number of rotatable bonds is 3. The smallest absolute Gasteiger partial charge is 0.137 e. The van der Waals surface area contributed by atoms with Gasteiger partial charge in [0.15, 0.2) is 0 Å². The Balaban J connectivity index is 2.31. The van der Waals surface area contributed by atoms with Crippen LogP contribution < -0.4 is 4.90 Å². The number of hydrogen-bond acceptors (Lipinski definition) is 3. The molecule has 20 heavy (non-hydrogen) atoms. The summed E-state index contributed by atoms with van der Waals surface area (Å²) in [6.07, 6.45) is 6.66. The third-order valence-electron chi connectivity index (χ3n) is 4.00. The summed E-state index contributed by atoms with van der Waals surface area (Å²) in [6.45, 7) is 9.72. The number of aromatic nitrogens is 2. The second-order valence-corrected chi connectivity index (χ2v) is 7.51. The average molecular weight is 340 g/mol. The van der Waals surface area contributed by atoms with Gasteiger partial charge in [-0.3, -0.25) is 0 Å². The van der Waals surface area contributed by atoms with Crippen LogP contribution in [-0.4, -0.2) is 22.6 Å². The zero-order valence-corrected chi connectivity index (χ0v) is 14.7. The Hall–Kier alpha value is -0.640. The van der Waals surface area contributed by atoms with Crippen LogP contribution in [0.25, 0.3) is 0 Å². The molecule has 0 atom stereocenters. The lowest BCUT2D eigenvalue weighted by Gasteiger charge is -2.35. The van der Waals surface area contributed by atoms with Crippen molar-refractivity contribution in [1.82, 2.24) is 9.97 Å². The summed E-state index contributed by atoms with van der Waals surface area (Å²) in [5.74, 6) is 1.99. The van der Waals surface area contributed by atoms with Gasteiger partial charge in [-0.25, -0.2) is 9.97 Å². The third-order valence-corrected chi connectivity index (χ3v) is 4.41. The first-order valence-electron chi connectivity index (χ1n) is 7.73. The predicted octanol–water partition coefficient (Wildman–Crippen LogP) is 4.70. The molecule has 1 fully saturated rings. The van der Waals surface area contributed by atoms with E-state index in [-0.39, 0.29) is 5.41 Å². The van der Waals surface area contributed by atoms with Gasteiger partial charge < -0.3 is 4.90 Å². The minimum Gasteiger partial charge on any atom is -0.354 e. The van der Waals surface area contributed by atoms with E-state index in [0.29, 0.717) is 6.04 Å². The fourth-order valence-electron chi connectivity index (χ4n) is 2.89. The van der Waals surface area contributed by atoms with Crippen molar-refractivity contribution in [1.29, 1.82) is 0 Å². The predicted molar refractivity (Wildman–Crippen MR) is 88.3 cm³/mol. The highest BCUT2D eigenvalue weighted by Crippen LogP contribution is 2.29. The molecule has 0 bridgehead atoms. The molecule has 4 heteroatoms. The molecular formula is C16H26BrN3. The van der Waals surface area contributed by atoms with E-state index in [0.717, 1.165) is 22.8 Å². The lowest BCUT2D eigenvalue weighted by Crippen LogP contribution is -2.37. The van der Waals surface area contributed by atoms with Crippen molar-refractivity contribution < 1.29 is 0 Å². The maximum Gasteiger partial charge on any atom is 0.137 e. The molecule has 0 saturated heterocycles. The van der Waals surface area contributed by atoms with Crippen LogP contribution in [0, 0.1) is 0 Å². The van der Waals surface area contributed by atoms with Gasteiger partial charge in [-0.1, -0.05) is 40.0 Å². The Morgan fingerprint density at radius 3 is 2.40 bits per heavy atom. The van der Waals surface area contributed by atoms with E-state index in [4.69, 9.17) is 4.98 Å². The number of nitrogens with zero attached hydrogens (tertiary/aromatic N) is 3. The van der Waals surface area contributed by atoms with Crippen molar-refractivity contribution in [3.8, 4) is 0 Å². The van der Waals surface area contributed by atoms with Crippen molar-refractivity contribution >= 4 is 21.7 Å². The molecule has 1 aliphatic carbocycles. The van der Waals surface area contributed by atoms with Crippen LogP contribution in [0.1, 0.15) is 65.6 Å². The summed E-state index contributed by atoms with van der Waals surface area (Å²) < 4.78 is 0.890. The van der Waals surface area contributed by atoms with Crippen LogP contribution in [0.4, 0.5) is 5.82 Å². The Bertz CT molecular complexity index is 448. The van der Waals surface area contributed by atoms with Crippen molar-refractivity contribution in [2.45, 2.75) is 71.3 Å². The fraction of sp³-hybridized carbons (Fsp3) is 0.750. The van der Waals surface area contributed by atoms with Gasteiger partial charge in [-0.15, -0.1) is 0 Å². The van der Waals surface area contributed by atoms with E-state index in [1.807, 2.05) is 0 Å². The van der Waals surface area contributed by atoms with E-state index < -0.39 is 0 Å². The van der Waals surface area contributed by atoms with Crippen molar-refractivity contribution in [3.05, 3.63) is 16.5 Å². The summed E-state index contributed by atoms with van der Waals surface area (Å²) in [5, 5.41) is 0. The molecule has 1 aliphatic rings. The maximum absolute atomic E-state index is 4.84. The minimum absolute atomic E-state index is 0.0233. The molecular weight excluding hydrogens is 314 g/mol. The van der Waals surface area contributed by atoms with Crippen LogP contribution in [0.3, 0.4) is 0 Å². The van der Waals surface area contributed by atoms with E-state index in [1.54, 1.807) is 0 Å². The molecule has 112 valence electrons.